The molecule has 19 heavy (non-hydrogen) atoms. The molecule has 0 unspecified atom stereocenters. The summed E-state index contributed by atoms with van der Waals surface area (Å²) in [6, 6.07) is 8.19. The largest absolute Gasteiger partial charge is 0.491 e. The van der Waals surface area contributed by atoms with Crippen molar-refractivity contribution in [3.05, 3.63) is 40.3 Å². The first-order valence-corrected chi connectivity index (χ1v) is 7.74. The molecule has 2 aromatic rings. The van der Waals surface area contributed by atoms with Crippen LogP contribution in [-0.2, 0) is 12.4 Å². The zero-order valence-corrected chi connectivity index (χ0v) is 12.1. The predicted octanol–water partition coefficient (Wildman–Crippen LogP) is 3.67. The molecule has 5 heteroatoms. The number of rotatable bonds is 3. The summed E-state index contributed by atoms with van der Waals surface area (Å²) in [5.41, 5.74) is 2.11. The van der Waals surface area contributed by atoms with Crippen molar-refractivity contribution >= 4 is 28.6 Å². The molecule has 0 N–H and O–H groups in total. The van der Waals surface area contributed by atoms with Gasteiger partial charge in [-0.1, -0.05) is 12.1 Å². The number of hydrogen-bond acceptors (Lipinski definition) is 4. The maximum atomic E-state index is 5.80. The van der Waals surface area contributed by atoms with Gasteiger partial charge in [0.25, 0.3) is 0 Å². The summed E-state index contributed by atoms with van der Waals surface area (Å²) in [7, 11) is 0. The molecule has 0 spiro atoms. The summed E-state index contributed by atoms with van der Waals surface area (Å²) in [5.74, 6) is 1.45. The molecule has 2 heterocycles. The second kappa shape index (κ2) is 5.80. The van der Waals surface area contributed by atoms with Gasteiger partial charge in [-0.15, -0.1) is 22.9 Å². The van der Waals surface area contributed by atoms with Gasteiger partial charge in [0.15, 0.2) is 0 Å². The van der Waals surface area contributed by atoms with E-state index in [4.69, 9.17) is 16.3 Å². The van der Waals surface area contributed by atoms with E-state index < -0.39 is 0 Å². The van der Waals surface area contributed by atoms with Gasteiger partial charge in [-0.05, 0) is 18.6 Å². The highest BCUT2D eigenvalue weighted by molar-refractivity contribution is 7.09. The molecule has 1 aliphatic rings. The van der Waals surface area contributed by atoms with Crippen LogP contribution in [0, 0.1) is 0 Å². The summed E-state index contributed by atoms with van der Waals surface area (Å²) in [6.07, 6.45) is 1.03. The van der Waals surface area contributed by atoms with Gasteiger partial charge in [-0.3, -0.25) is 0 Å². The minimum atomic E-state index is 0.482. The van der Waals surface area contributed by atoms with Crippen LogP contribution in [0.1, 0.15) is 17.1 Å². The fourth-order valence-electron chi connectivity index (χ4n) is 2.21. The summed E-state index contributed by atoms with van der Waals surface area (Å²) in [6.45, 7) is 2.59. The van der Waals surface area contributed by atoms with Crippen molar-refractivity contribution in [1.82, 2.24) is 4.98 Å². The third-order valence-electron chi connectivity index (χ3n) is 3.10. The molecule has 0 amide bonds. The predicted molar refractivity (Wildman–Crippen MR) is 79.3 cm³/mol. The van der Waals surface area contributed by atoms with Crippen molar-refractivity contribution in [3.8, 4) is 5.75 Å². The second-order valence-electron chi connectivity index (χ2n) is 4.46. The van der Waals surface area contributed by atoms with Crippen LogP contribution in [0.2, 0.25) is 0 Å². The van der Waals surface area contributed by atoms with Gasteiger partial charge in [-0.2, -0.15) is 0 Å². The lowest BCUT2D eigenvalue weighted by atomic mass is 10.2. The minimum absolute atomic E-state index is 0.482. The van der Waals surface area contributed by atoms with E-state index in [1.54, 1.807) is 11.3 Å². The minimum Gasteiger partial charge on any atom is -0.491 e. The second-order valence-corrected chi connectivity index (χ2v) is 5.67. The molecule has 0 fully saturated rings. The van der Waals surface area contributed by atoms with Crippen LogP contribution < -0.4 is 9.64 Å². The van der Waals surface area contributed by atoms with Gasteiger partial charge in [0, 0.05) is 11.9 Å². The van der Waals surface area contributed by atoms with Crippen LogP contribution in [0.3, 0.4) is 0 Å². The monoisotopic (exact) mass is 294 g/mol. The SMILES string of the molecule is ClCc1csc(CN2CCCOc3ccccc32)n1. The number of ether oxygens (including phenoxy) is 1. The number of thiazole rings is 1. The maximum Gasteiger partial charge on any atom is 0.142 e. The number of halogens is 1. The van der Waals surface area contributed by atoms with E-state index in [-0.39, 0.29) is 0 Å². The number of hydrogen-bond donors (Lipinski definition) is 0. The molecule has 3 nitrogen and oxygen atoms in total. The molecular weight excluding hydrogens is 280 g/mol. The number of benzene rings is 1. The average Bonchev–Trinajstić information content (AvgIpc) is 2.80. The van der Waals surface area contributed by atoms with Crippen molar-refractivity contribution in [1.29, 1.82) is 0 Å². The highest BCUT2D eigenvalue weighted by Gasteiger charge is 2.17. The topological polar surface area (TPSA) is 25.4 Å². The number of nitrogens with zero attached hydrogens (tertiary/aromatic N) is 2. The van der Waals surface area contributed by atoms with Crippen molar-refractivity contribution in [2.45, 2.75) is 18.8 Å². The van der Waals surface area contributed by atoms with Crippen LogP contribution in [0.25, 0.3) is 0 Å². The fourth-order valence-corrected chi connectivity index (χ4v) is 3.25. The molecule has 3 rings (SSSR count). The Balaban J connectivity index is 1.83. The third kappa shape index (κ3) is 2.85. The molecule has 1 aliphatic heterocycles. The Labute approximate surface area is 121 Å². The molecule has 0 saturated heterocycles. The van der Waals surface area contributed by atoms with Crippen LogP contribution in [-0.4, -0.2) is 18.1 Å². The van der Waals surface area contributed by atoms with E-state index in [0.717, 1.165) is 48.3 Å². The van der Waals surface area contributed by atoms with E-state index in [2.05, 4.69) is 16.0 Å². The third-order valence-corrected chi connectivity index (χ3v) is 4.25. The van der Waals surface area contributed by atoms with Gasteiger partial charge in [-0.25, -0.2) is 4.98 Å². The molecule has 0 aliphatic carbocycles. The van der Waals surface area contributed by atoms with Gasteiger partial charge in [0.1, 0.15) is 10.8 Å². The summed E-state index contributed by atoms with van der Waals surface area (Å²) in [4.78, 5) is 6.86. The molecule has 1 aromatic heterocycles. The molecule has 0 atom stereocenters. The van der Waals surface area contributed by atoms with E-state index in [9.17, 15) is 0 Å². The van der Waals surface area contributed by atoms with E-state index in [0.29, 0.717) is 5.88 Å². The number of alkyl halides is 1. The van der Waals surface area contributed by atoms with Gasteiger partial charge >= 0.3 is 0 Å². The Bertz CT molecular complexity index is 558. The van der Waals surface area contributed by atoms with E-state index in [1.807, 2.05) is 23.6 Å². The van der Waals surface area contributed by atoms with Crippen molar-refractivity contribution < 1.29 is 4.74 Å². The Hall–Kier alpha value is -1.26. The Morgan fingerprint density at radius 3 is 3.11 bits per heavy atom. The van der Waals surface area contributed by atoms with Crippen molar-refractivity contribution in [2.24, 2.45) is 0 Å². The lowest BCUT2D eigenvalue weighted by Gasteiger charge is -2.22. The lowest BCUT2D eigenvalue weighted by Crippen LogP contribution is -2.23. The van der Waals surface area contributed by atoms with Gasteiger partial charge < -0.3 is 9.64 Å². The first-order chi connectivity index (χ1) is 9.36. The lowest BCUT2D eigenvalue weighted by molar-refractivity contribution is 0.322. The fraction of sp³-hybridized carbons (Fsp3) is 0.357. The standard InChI is InChI=1S/C14H15ClN2OS/c15-8-11-10-19-14(16-11)9-17-6-3-7-18-13-5-2-1-4-12(13)17/h1-2,4-5,10H,3,6-9H2. The zero-order chi connectivity index (χ0) is 13.1. The Morgan fingerprint density at radius 2 is 2.26 bits per heavy atom. The van der Waals surface area contributed by atoms with Gasteiger partial charge in [0.2, 0.25) is 0 Å². The highest BCUT2D eigenvalue weighted by atomic mass is 35.5. The average molecular weight is 295 g/mol. The van der Waals surface area contributed by atoms with Crippen LogP contribution in [0.4, 0.5) is 5.69 Å². The molecule has 0 radical (unpaired) electrons. The number of fused-ring (bicyclic) bond motifs is 1. The first-order valence-electron chi connectivity index (χ1n) is 6.33. The number of para-hydroxylation sites is 2. The number of aromatic nitrogens is 1. The summed E-state index contributed by atoms with van der Waals surface area (Å²) in [5, 5.41) is 3.13. The van der Waals surface area contributed by atoms with E-state index in [1.165, 1.54) is 0 Å². The summed E-state index contributed by atoms with van der Waals surface area (Å²) >= 11 is 7.47. The first kappa shape index (κ1) is 12.8. The molecule has 1 aromatic carbocycles. The van der Waals surface area contributed by atoms with Crippen molar-refractivity contribution in [2.75, 3.05) is 18.1 Å². The zero-order valence-electron chi connectivity index (χ0n) is 10.5. The molecule has 0 saturated carbocycles. The quantitative estimate of drug-likeness (QED) is 0.808. The number of anilines is 1. The summed E-state index contributed by atoms with van der Waals surface area (Å²) < 4.78 is 5.76. The van der Waals surface area contributed by atoms with Crippen LogP contribution in [0.5, 0.6) is 5.75 Å². The normalized spacial score (nSPS) is 14.7. The molecular formula is C14H15ClN2OS. The molecule has 100 valence electrons. The Morgan fingerprint density at radius 1 is 1.37 bits per heavy atom. The van der Waals surface area contributed by atoms with Gasteiger partial charge in [0.05, 0.1) is 30.4 Å². The van der Waals surface area contributed by atoms with Crippen molar-refractivity contribution in [3.63, 3.8) is 0 Å². The highest BCUT2D eigenvalue weighted by Crippen LogP contribution is 2.31. The van der Waals surface area contributed by atoms with E-state index >= 15 is 0 Å². The molecule has 0 bridgehead atoms. The smallest absolute Gasteiger partial charge is 0.142 e. The van der Waals surface area contributed by atoms with Crippen LogP contribution in [0.15, 0.2) is 29.6 Å². The van der Waals surface area contributed by atoms with Crippen LogP contribution >= 0.6 is 22.9 Å². The Kier molecular flexibility index (Phi) is 3.89. The maximum absolute atomic E-state index is 5.80.